The molecule has 2 rings (SSSR count). The molecule has 0 aromatic carbocycles. The Balaban J connectivity index is 0.00000364. The second-order valence-electron chi connectivity index (χ2n) is 8.47. The van der Waals surface area contributed by atoms with Crippen molar-refractivity contribution in [1.29, 1.82) is 0 Å². The number of nitrogens with zero attached hydrogens (tertiary/aromatic N) is 3. The van der Waals surface area contributed by atoms with Gasteiger partial charge in [0.05, 0.1) is 0 Å². The number of rotatable bonds is 9. The Bertz CT molecular complexity index is 421. The van der Waals surface area contributed by atoms with Crippen LogP contribution in [0.1, 0.15) is 39.0 Å². The quantitative estimate of drug-likeness (QED) is 0.292. The van der Waals surface area contributed by atoms with Crippen LogP contribution in [0.3, 0.4) is 0 Å². The van der Waals surface area contributed by atoms with Crippen LogP contribution in [0.25, 0.3) is 0 Å². The average Bonchev–Trinajstić information content (AvgIpc) is 3.11. The fourth-order valence-corrected chi connectivity index (χ4v) is 4.26. The molecule has 0 amide bonds. The summed E-state index contributed by atoms with van der Waals surface area (Å²) < 4.78 is 5.34. The molecule has 1 saturated carbocycles. The van der Waals surface area contributed by atoms with Crippen LogP contribution in [-0.2, 0) is 4.74 Å². The van der Waals surface area contributed by atoms with Crippen molar-refractivity contribution in [2.75, 3.05) is 73.6 Å². The van der Waals surface area contributed by atoms with Crippen molar-refractivity contribution in [3.05, 3.63) is 0 Å². The first-order valence-electron chi connectivity index (χ1n) is 10.4. The first-order valence-corrected chi connectivity index (χ1v) is 10.4. The van der Waals surface area contributed by atoms with Crippen LogP contribution < -0.4 is 10.6 Å². The van der Waals surface area contributed by atoms with Gasteiger partial charge in [-0.2, -0.15) is 0 Å². The summed E-state index contributed by atoms with van der Waals surface area (Å²) in [6, 6.07) is 0. The molecule has 1 saturated heterocycles. The molecule has 2 fully saturated rings. The zero-order valence-corrected chi connectivity index (χ0v) is 20.3. The Hall–Kier alpha value is -0.120. The van der Waals surface area contributed by atoms with Gasteiger partial charge >= 0.3 is 0 Å². The van der Waals surface area contributed by atoms with Gasteiger partial charge in [0.25, 0.3) is 0 Å². The molecule has 160 valence electrons. The lowest BCUT2D eigenvalue weighted by atomic mass is 9.83. The van der Waals surface area contributed by atoms with Gasteiger partial charge < -0.3 is 25.2 Å². The van der Waals surface area contributed by atoms with Crippen molar-refractivity contribution in [3.8, 4) is 0 Å². The van der Waals surface area contributed by atoms with E-state index in [9.17, 15) is 0 Å². The normalized spacial score (nSPS) is 22.3. The highest BCUT2D eigenvalue weighted by Crippen LogP contribution is 2.40. The average molecular weight is 495 g/mol. The van der Waals surface area contributed by atoms with E-state index < -0.39 is 0 Å². The van der Waals surface area contributed by atoms with Crippen molar-refractivity contribution in [3.63, 3.8) is 0 Å². The van der Waals surface area contributed by atoms with Crippen LogP contribution in [-0.4, -0.2) is 89.4 Å². The van der Waals surface area contributed by atoms with Gasteiger partial charge in [-0.3, -0.25) is 4.99 Å². The summed E-state index contributed by atoms with van der Waals surface area (Å²) in [5.74, 6) is 1.56. The minimum atomic E-state index is 0. The van der Waals surface area contributed by atoms with Crippen LogP contribution in [0.2, 0.25) is 0 Å². The van der Waals surface area contributed by atoms with Gasteiger partial charge in [-0.25, -0.2) is 0 Å². The Morgan fingerprint density at radius 2 is 1.81 bits per heavy atom. The van der Waals surface area contributed by atoms with E-state index in [0.29, 0.717) is 11.3 Å². The standard InChI is InChI=1S/C20H41N5O.HI/c1-18(16-25-12-10-24(3)11-13-25)15-22-19(21-2)23-17-20(9-14-26-4)7-5-6-8-20;/h18H,5-17H2,1-4H3,(H2,21,22,23);1H. The highest BCUT2D eigenvalue weighted by atomic mass is 127. The Kier molecular flexibility index (Phi) is 12.2. The molecule has 0 aromatic rings. The molecule has 2 aliphatic rings. The third-order valence-electron chi connectivity index (χ3n) is 6.14. The number of halogens is 1. The summed E-state index contributed by atoms with van der Waals surface area (Å²) in [6.07, 6.45) is 6.45. The Morgan fingerprint density at radius 3 is 2.41 bits per heavy atom. The summed E-state index contributed by atoms with van der Waals surface area (Å²) in [5.41, 5.74) is 0.388. The van der Waals surface area contributed by atoms with Crippen molar-refractivity contribution < 1.29 is 4.74 Å². The van der Waals surface area contributed by atoms with Crippen LogP contribution in [0.5, 0.6) is 0 Å². The molecule has 1 aliphatic carbocycles. The molecular formula is C20H42IN5O. The highest BCUT2D eigenvalue weighted by molar-refractivity contribution is 14.0. The minimum absolute atomic E-state index is 0. The molecule has 7 heteroatoms. The summed E-state index contributed by atoms with van der Waals surface area (Å²) in [5, 5.41) is 7.12. The molecule has 0 bridgehead atoms. The number of nitrogens with one attached hydrogen (secondary N) is 2. The number of likely N-dealkylation sites (N-methyl/N-ethyl adjacent to an activating group) is 1. The number of hydrogen-bond acceptors (Lipinski definition) is 4. The number of aliphatic imine (C=N–C) groups is 1. The van der Waals surface area contributed by atoms with Crippen molar-refractivity contribution >= 4 is 29.9 Å². The number of ether oxygens (including phenoxy) is 1. The summed E-state index contributed by atoms with van der Waals surface area (Å²) in [4.78, 5) is 9.43. The predicted molar refractivity (Wildman–Crippen MR) is 125 cm³/mol. The van der Waals surface area contributed by atoms with Crippen LogP contribution >= 0.6 is 24.0 Å². The molecule has 6 nitrogen and oxygen atoms in total. The SMILES string of the molecule is CN=C(NCC(C)CN1CCN(C)CC1)NCC1(CCOC)CCCC1.I. The molecule has 0 spiro atoms. The first kappa shape index (κ1) is 24.9. The predicted octanol–water partition coefficient (Wildman–Crippen LogP) is 2.25. The number of piperazine rings is 1. The smallest absolute Gasteiger partial charge is 0.191 e. The molecular weight excluding hydrogens is 453 g/mol. The fraction of sp³-hybridized carbons (Fsp3) is 0.950. The van der Waals surface area contributed by atoms with Gasteiger partial charge in [0.15, 0.2) is 5.96 Å². The van der Waals surface area contributed by atoms with E-state index in [-0.39, 0.29) is 24.0 Å². The maximum atomic E-state index is 5.34. The summed E-state index contributed by atoms with van der Waals surface area (Å²) >= 11 is 0. The molecule has 0 radical (unpaired) electrons. The summed E-state index contributed by atoms with van der Waals surface area (Å²) in [6.45, 7) is 11.1. The second-order valence-corrected chi connectivity index (χ2v) is 8.47. The molecule has 0 aromatic heterocycles. The van der Waals surface area contributed by atoms with Crippen LogP contribution in [0.4, 0.5) is 0 Å². The largest absolute Gasteiger partial charge is 0.385 e. The third-order valence-corrected chi connectivity index (χ3v) is 6.14. The highest BCUT2D eigenvalue weighted by Gasteiger charge is 2.33. The lowest BCUT2D eigenvalue weighted by Crippen LogP contribution is -2.48. The third kappa shape index (κ3) is 8.83. The molecule has 1 heterocycles. The number of hydrogen-bond donors (Lipinski definition) is 2. The van der Waals surface area contributed by atoms with E-state index in [2.05, 4.69) is 39.4 Å². The van der Waals surface area contributed by atoms with Crippen LogP contribution in [0.15, 0.2) is 4.99 Å². The molecule has 1 atom stereocenters. The molecule has 2 N–H and O–H groups in total. The van der Waals surface area contributed by atoms with E-state index in [1.807, 2.05) is 7.05 Å². The summed E-state index contributed by atoms with van der Waals surface area (Å²) in [7, 11) is 5.89. The Labute approximate surface area is 183 Å². The van der Waals surface area contributed by atoms with E-state index in [4.69, 9.17) is 4.74 Å². The Morgan fingerprint density at radius 1 is 1.15 bits per heavy atom. The lowest BCUT2D eigenvalue weighted by molar-refractivity contribution is 0.137. The molecule has 1 aliphatic heterocycles. The maximum Gasteiger partial charge on any atom is 0.191 e. The number of methoxy groups -OCH3 is 1. The van der Waals surface area contributed by atoms with Crippen LogP contribution in [0, 0.1) is 11.3 Å². The van der Waals surface area contributed by atoms with Gasteiger partial charge in [-0.05, 0) is 37.6 Å². The zero-order chi connectivity index (χ0) is 18.8. The first-order chi connectivity index (χ1) is 12.6. The maximum absolute atomic E-state index is 5.34. The second kappa shape index (κ2) is 13.2. The lowest BCUT2D eigenvalue weighted by Gasteiger charge is -2.34. The molecule has 1 unspecified atom stereocenters. The van der Waals surface area contributed by atoms with Gasteiger partial charge in [0.2, 0.25) is 0 Å². The fourth-order valence-electron chi connectivity index (χ4n) is 4.26. The molecule has 27 heavy (non-hydrogen) atoms. The van der Waals surface area contributed by atoms with Crippen molar-refractivity contribution in [2.24, 2.45) is 16.3 Å². The zero-order valence-electron chi connectivity index (χ0n) is 17.9. The minimum Gasteiger partial charge on any atom is -0.385 e. The van der Waals surface area contributed by atoms with Gasteiger partial charge in [-0.1, -0.05) is 19.8 Å². The topological polar surface area (TPSA) is 52.1 Å². The number of guanidine groups is 1. The van der Waals surface area contributed by atoms with E-state index >= 15 is 0 Å². The van der Waals surface area contributed by atoms with Gasteiger partial charge in [-0.15, -0.1) is 24.0 Å². The van der Waals surface area contributed by atoms with E-state index in [0.717, 1.165) is 38.6 Å². The van der Waals surface area contributed by atoms with E-state index in [1.165, 1.54) is 51.9 Å². The van der Waals surface area contributed by atoms with Crippen molar-refractivity contribution in [1.82, 2.24) is 20.4 Å². The van der Waals surface area contributed by atoms with Gasteiger partial charge in [0.1, 0.15) is 0 Å². The van der Waals surface area contributed by atoms with Crippen molar-refractivity contribution in [2.45, 2.75) is 39.0 Å². The van der Waals surface area contributed by atoms with E-state index in [1.54, 1.807) is 7.11 Å². The monoisotopic (exact) mass is 495 g/mol. The van der Waals surface area contributed by atoms with Gasteiger partial charge in [0, 0.05) is 66.6 Å².